The Morgan fingerprint density at radius 1 is 1.30 bits per heavy atom. The average molecular weight is 408 g/mol. The lowest BCUT2D eigenvalue weighted by Crippen LogP contribution is -2.34. The fourth-order valence-corrected chi connectivity index (χ4v) is 3.42. The van der Waals surface area contributed by atoms with Gasteiger partial charge in [-0.05, 0) is 43.9 Å². The highest BCUT2D eigenvalue weighted by atomic mass is 16.5. The number of ether oxygens (including phenoxy) is 1. The van der Waals surface area contributed by atoms with Gasteiger partial charge in [-0.25, -0.2) is 9.78 Å². The lowest BCUT2D eigenvalue weighted by Gasteiger charge is -2.16. The molecule has 8 nitrogen and oxygen atoms in total. The zero-order chi connectivity index (χ0) is 21.4. The normalized spacial score (nSPS) is 14.6. The second-order valence-electron chi connectivity index (χ2n) is 7.91. The van der Waals surface area contributed by atoms with Crippen LogP contribution in [0.5, 0.6) is 0 Å². The van der Waals surface area contributed by atoms with E-state index in [1.807, 2.05) is 13.8 Å². The molecule has 0 aromatic carbocycles. The van der Waals surface area contributed by atoms with Gasteiger partial charge in [-0.15, -0.1) is 0 Å². The number of rotatable bonds is 5. The molecule has 30 heavy (non-hydrogen) atoms. The van der Waals surface area contributed by atoms with Gasteiger partial charge in [-0.1, -0.05) is 19.9 Å². The van der Waals surface area contributed by atoms with Crippen molar-refractivity contribution < 1.29 is 14.3 Å². The van der Waals surface area contributed by atoms with Crippen LogP contribution < -0.4 is 11.0 Å². The first-order chi connectivity index (χ1) is 14.4. The summed E-state index contributed by atoms with van der Waals surface area (Å²) < 4.78 is 8.35. The fourth-order valence-electron chi connectivity index (χ4n) is 3.42. The molecule has 3 heterocycles. The van der Waals surface area contributed by atoms with E-state index in [0.717, 1.165) is 12.8 Å². The third kappa shape index (κ3) is 3.65. The third-order valence-corrected chi connectivity index (χ3v) is 4.98. The van der Waals surface area contributed by atoms with Crippen molar-refractivity contribution in [2.75, 3.05) is 6.61 Å². The van der Waals surface area contributed by atoms with E-state index in [1.54, 1.807) is 35.9 Å². The van der Waals surface area contributed by atoms with Crippen LogP contribution in [-0.4, -0.2) is 32.4 Å². The third-order valence-electron chi connectivity index (χ3n) is 4.98. The number of carbonyl (C=O) groups is 2. The Labute approximate surface area is 172 Å². The van der Waals surface area contributed by atoms with Gasteiger partial charge < -0.3 is 9.30 Å². The molecule has 1 aliphatic rings. The van der Waals surface area contributed by atoms with Crippen molar-refractivity contribution in [2.45, 2.75) is 40.2 Å². The summed E-state index contributed by atoms with van der Waals surface area (Å²) in [5.74, 6) is -0.804. The molecule has 3 aromatic heterocycles. The lowest BCUT2D eigenvalue weighted by molar-refractivity contribution is -0.119. The largest absolute Gasteiger partial charge is 0.462 e. The molecule has 8 heteroatoms. The van der Waals surface area contributed by atoms with Gasteiger partial charge in [-0.2, -0.15) is 4.99 Å². The van der Waals surface area contributed by atoms with E-state index in [1.165, 1.54) is 10.5 Å². The van der Waals surface area contributed by atoms with Gasteiger partial charge in [0.25, 0.3) is 11.5 Å². The zero-order valence-corrected chi connectivity index (χ0v) is 17.3. The monoisotopic (exact) mass is 408 g/mol. The number of hydrogen-bond donors (Lipinski definition) is 0. The Bertz CT molecular complexity index is 1280. The molecule has 1 fully saturated rings. The van der Waals surface area contributed by atoms with Crippen molar-refractivity contribution in [1.29, 1.82) is 0 Å². The van der Waals surface area contributed by atoms with Gasteiger partial charge in [0, 0.05) is 18.7 Å². The standard InChI is InChI=1S/C22H24N4O4/c1-4-30-22(29)16-11-15-18(23-17-7-5-6-10-25(17)21(15)28)26(12-13(2)3)19(16)24-20(27)14-8-9-14/h5-7,10-11,13-14H,4,8-9,12H2,1-3H3. The Kier molecular flexibility index (Phi) is 5.24. The van der Waals surface area contributed by atoms with Gasteiger partial charge in [0.1, 0.15) is 16.9 Å². The highest BCUT2D eigenvalue weighted by Gasteiger charge is 2.30. The zero-order valence-electron chi connectivity index (χ0n) is 17.3. The summed E-state index contributed by atoms with van der Waals surface area (Å²) >= 11 is 0. The maximum atomic E-state index is 13.2. The summed E-state index contributed by atoms with van der Waals surface area (Å²) in [6, 6.07) is 6.74. The minimum Gasteiger partial charge on any atom is -0.462 e. The summed E-state index contributed by atoms with van der Waals surface area (Å²) in [6.07, 6.45) is 3.24. The Morgan fingerprint density at radius 3 is 2.73 bits per heavy atom. The van der Waals surface area contributed by atoms with Gasteiger partial charge in [0.2, 0.25) is 0 Å². The van der Waals surface area contributed by atoms with E-state index in [4.69, 9.17) is 4.74 Å². The predicted molar refractivity (Wildman–Crippen MR) is 111 cm³/mol. The van der Waals surface area contributed by atoms with Crippen LogP contribution in [0, 0.1) is 11.8 Å². The molecular formula is C22H24N4O4. The van der Waals surface area contributed by atoms with Crippen molar-refractivity contribution in [1.82, 2.24) is 14.0 Å². The topological polar surface area (TPSA) is 95.0 Å². The Hall–Kier alpha value is -3.29. The van der Waals surface area contributed by atoms with Crippen LogP contribution >= 0.6 is 0 Å². The van der Waals surface area contributed by atoms with Crippen LogP contribution in [0.15, 0.2) is 40.2 Å². The molecule has 0 unspecified atom stereocenters. The Morgan fingerprint density at radius 2 is 2.07 bits per heavy atom. The van der Waals surface area contributed by atoms with Gasteiger partial charge in [0.15, 0.2) is 5.49 Å². The summed E-state index contributed by atoms with van der Waals surface area (Å²) in [6.45, 7) is 6.34. The summed E-state index contributed by atoms with van der Waals surface area (Å²) in [5, 5.41) is 0.278. The number of nitrogens with zero attached hydrogens (tertiary/aromatic N) is 4. The molecule has 0 N–H and O–H groups in total. The van der Waals surface area contributed by atoms with Gasteiger partial charge in [-0.3, -0.25) is 14.0 Å². The van der Waals surface area contributed by atoms with Gasteiger partial charge >= 0.3 is 5.97 Å². The first-order valence-electron chi connectivity index (χ1n) is 10.2. The highest BCUT2D eigenvalue weighted by molar-refractivity contribution is 5.94. The van der Waals surface area contributed by atoms with Crippen LogP contribution in [0.1, 0.15) is 44.0 Å². The first kappa shape index (κ1) is 20.0. The molecule has 0 saturated heterocycles. The molecule has 3 aromatic rings. The molecule has 4 rings (SSSR count). The van der Waals surface area contributed by atoms with Gasteiger partial charge in [0.05, 0.1) is 12.0 Å². The molecule has 1 saturated carbocycles. The summed E-state index contributed by atoms with van der Waals surface area (Å²) in [5.41, 5.74) is 0.900. The second kappa shape index (κ2) is 7.85. The van der Waals surface area contributed by atoms with E-state index < -0.39 is 5.97 Å². The quantitative estimate of drug-likeness (QED) is 0.477. The van der Waals surface area contributed by atoms with Crippen molar-refractivity contribution >= 4 is 28.6 Å². The molecule has 1 aliphatic carbocycles. The van der Waals surface area contributed by atoms with Crippen LogP contribution in [-0.2, 0) is 16.1 Å². The molecule has 1 amide bonds. The molecule has 0 aliphatic heterocycles. The number of aromatic nitrogens is 3. The fraction of sp³-hybridized carbons (Fsp3) is 0.409. The van der Waals surface area contributed by atoms with E-state index in [2.05, 4.69) is 9.98 Å². The summed E-state index contributed by atoms with van der Waals surface area (Å²) in [7, 11) is 0. The number of hydrogen-bond acceptors (Lipinski definition) is 5. The number of amides is 1. The number of pyridine rings is 2. The molecular weight excluding hydrogens is 384 g/mol. The maximum Gasteiger partial charge on any atom is 0.341 e. The van der Waals surface area contributed by atoms with Crippen LogP contribution in [0.4, 0.5) is 0 Å². The van der Waals surface area contributed by atoms with Crippen molar-refractivity contribution in [3.05, 3.63) is 51.9 Å². The highest BCUT2D eigenvalue weighted by Crippen LogP contribution is 2.30. The minimum atomic E-state index is -0.614. The number of esters is 1. The molecule has 0 spiro atoms. The predicted octanol–water partition coefficient (Wildman–Crippen LogP) is 2.32. The van der Waals surface area contributed by atoms with Crippen LogP contribution in [0.25, 0.3) is 16.7 Å². The van der Waals surface area contributed by atoms with E-state index in [0.29, 0.717) is 17.8 Å². The second-order valence-corrected chi connectivity index (χ2v) is 7.91. The van der Waals surface area contributed by atoms with Crippen molar-refractivity contribution in [2.24, 2.45) is 16.8 Å². The SMILES string of the molecule is CCOC(=O)c1cc2c(=O)n3ccccc3nc2n(CC(C)C)c1=NC(=O)C1CC1. The molecule has 0 atom stereocenters. The smallest absolute Gasteiger partial charge is 0.341 e. The summed E-state index contributed by atoms with van der Waals surface area (Å²) in [4.78, 5) is 47.4. The number of fused-ring (bicyclic) bond motifs is 2. The first-order valence-corrected chi connectivity index (χ1v) is 10.2. The molecule has 0 bridgehead atoms. The Balaban J connectivity index is 2.14. The van der Waals surface area contributed by atoms with Crippen LogP contribution in [0.3, 0.4) is 0 Å². The molecule has 156 valence electrons. The van der Waals surface area contributed by atoms with E-state index >= 15 is 0 Å². The lowest BCUT2D eigenvalue weighted by atomic mass is 10.1. The molecule has 0 radical (unpaired) electrons. The van der Waals surface area contributed by atoms with E-state index in [9.17, 15) is 14.4 Å². The van der Waals surface area contributed by atoms with Crippen molar-refractivity contribution in [3.63, 3.8) is 0 Å². The average Bonchev–Trinajstić information content (AvgIpc) is 3.55. The number of carbonyl (C=O) groups excluding carboxylic acids is 2. The van der Waals surface area contributed by atoms with E-state index in [-0.39, 0.29) is 46.3 Å². The minimum absolute atomic E-state index is 0.0987. The van der Waals surface area contributed by atoms with Crippen LogP contribution in [0.2, 0.25) is 0 Å². The van der Waals surface area contributed by atoms with Crippen molar-refractivity contribution in [3.8, 4) is 0 Å². The maximum absolute atomic E-state index is 13.2.